The molecule has 0 aliphatic rings. The smallest absolute Gasteiger partial charge is 0.196 e. The monoisotopic (exact) mass is 292 g/mol. The van der Waals surface area contributed by atoms with Crippen molar-refractivity contribution in [3.63, 3.8) is 0 Å². The zero-order valence-electron chi connectivity index (χ0n) is 8.72. The molecule has 3 nitrogen and oxygen atoms in total. The van der Waals surface area contributed by atoms with Crippen molar-refractivity contribution in [1.82, 2.24) is 0 Å². The van der Waals surface area contributed by atoms with E-state index < -0.39 is 0 Å². The molecule has 0 saturated carbocycles. The van der Waals surface area contributed by atoms with E-state index in [2.05, 4.69) is 15.9 Å². The average Bonchev–Trinajstić information content (AvgIpc) is 2.29. The SMILES string of the molecule is O=C(c1ccc(Br)cc1)c1ccc(O)cc1O. The Kier molecular flexibility index (Phi) is 3.15. The van der Waals surface area contributed by atoms with Crippen molar-refractivity contribution in [2.45, 2.75) is 0 Å². The molecule has 17 heavy (non-hydrogen) atoms. The molecule has 0 radical (unpaired) electrons. The largest absolute Gasteiger partial charge is 0.508 e. The summed E-state index contributed by atoms with van der Waals surface area (Å²) in [6, 6.07) is 10.7. The normalized spacial score (nSPS) is 10.2. The fourth-order valence-corrected chi connectivity index (χ4v) is 1.73. The quantitative estimate of drug-likeness (QED) is 0.836. The van der Waals surface area contributed by atoms with Gasteiger partial charge >= 0.3 is 0 Å². The van der Waals surface area contributed by atoms with Crippen LogP contribution in [0.3, 0.4) is 0 Å². The maximum absolute atomic E-state index is 12.0. The van der Waals surface area contributed by atoms with Crippen LogP contribution in [0.2, 0.25) is 0 Å². The molecule has 0 atom stereocenters. The van der Waals surface area contributed by atoms with E-state index in [1.165, 1.54) is 12.1 Å². The molecule has 86 valence electrons. The van der Waals surface area contributed by atoms with E-state index in [1.807, 2.05) is 0 Å². The second-order valence-electron chi connectivity index (χ2n) is 3.54. The van der Waals surface area contributed by atoms with E-state index in [9.17, 15) is 9.90 Å². The summed E-state index contributed by atoms with van der Waals surface area (Å²) in [5.41, 5.74) is 0.652. The lowest BCUT2D eigenvalue weighted by molar-refractivity contribution is 0.103. The summed E-state index contributed by atoms with van der Waals surface area (Å²) in [7, 11) is 0. The summed E-state index contributed by atoms with van der Waals surface area (Å²) in [5.74, 6) is -0.581. The van der Waals surface area contributed by atoms with E-state index >= 15 is 0 Å². The first-order valence-corrected chi connectivity index (χ1v) is 5.69. The summed E-state index contributed by atoms with van der Waals surface area (Å²) in [5, 5.41) is 18.7. The predicted molar refractivity (Wildman–Crippen MR) is 67.3 cm³/mol. The van der Waals surface area contributed by atoms with Crippen LogP contribution in [0.4, 0.5) is 0 Å². The van der Waals surface area contributed by atoms with Crippen LogP contribution in [-0.4, -0.2) is 16.0 Å². The molecular formula is C13H9BrO3. The summed E-state index contributed by atoms with van der Waals surface area (Å²) in [4.78, 5) is 12.0. The molecule has 0 bridgehead atoms. The summed E-state index contributed by atoms with van der Waals surface area (Å²) >= 11 is 3.28. The van der Waals surface area contributed by atoms with E-state index in [4.69, 9.17) is 5.11 Å². The van der Waals surface area contributed by atoms with Gasteiger partial charge in [0.05, 0.1) is 5.56 Å². The van der Waals surface area contributed by atoms with Crippen LogP contribution in [-0.2, 0) is 0 Å². The van der Waals surface area contributed by atoms with Gasteiger partial charge in [0, 0.05) is 16.1 Å². The number of carbonyl (C=O) groups is 1. The van der Waals surface area contributed by atoms with Crippen molar-refractivity contribution >= 4 is 21.7 Å². The number of aromatic hydroxyl groups is 2. The van der Waals surface area contributed by atoms with Gasteiger partial charge in [-0.2, -0.15) is 0 Å². The van der Waals surface area contributed by atoms with Crippen LogP contribution in [0, 0.1) is 0 Å². The third-order valence-corrected chi connectivity index (χ3v) is 2.86. The van der Waals surface area contributed by atoms with Crippen molar-refractivity contribution in [2.24, 2.45) is 0 Å². The van der Waals surface area contributed by atoms with E-state index in [0.29, 0.717) is 5.56 Å². The standard InChI is InChI=1S/C13H9BrO3/c14-9-3-1-8(2-4-9)13(17)11-6-5-10(15)7-12(11)16/h1-7,15-16H. The van der Waals surface area contributed by atoms with Crippen LogP contribution in [0.1, 0.15) is 15.9 Å². The molecule has 0 aliphatic carbocycles. The van der Waals surface area contributed by atoms with Gasteiger partial charge in [-0.15, -0.1) is 0 Å². The molecule has 0 amide bonds. The fourth-order valence-electron chi connectivity index (χ4n) is 1.47. The Morgan fingerprint density at radius 1 is 1.00 bits per heavy atom. The zero-order chi connectivity index (χ0) is 12.4. The molecule has 0 saturated heterocycles. The Hall–Kier alpha value is -1.81. The molecule has 0 fully saturated rings. The third-order valence-electron chi connectivity index (χ3n) is 2.33. The second kappa shape index (κ2) is 4.59. The Bertz CT molecular complexity index is 561. The number of hydrogen-bond donors (Lipinski definition) is 2. The highest BCUT2D eigenvalue weighted by molar-refractivity contribution is 9.10. The third kappa shape index (κ3) is 2.47. The van der Waals surface area contributed by atoms with Crippen LogP contribution in [0.25, 0.3) is 0 Å². The van der Waals surface area contributed by atoms with Gasteiger partial charge in [0.1, 0.15) is 11.5 Å². The second-order valence-corrected chi connectivity index (χ2v) is 4.45. The highest BCUT2D eigenvalue weighted by Gasteiger charge is 2.13. The first kappa shape index (κ1) is 11.7. The van der Waals surface area contributed by atoms with Crippen molar-refractivity contribution < 1.29 is 15.0 Å². The number of rotatable bonds is 2. The van der Waals surface area contributed by atoms with Gasteiger partial charge in [0.2, 0.25) is 0 Å². The number of ketones is 1. The van der Waals surface area contributed by atoms with Crippen molar-refractivity contribution in [3.05, 3.63) is 58.1 Å². The minimum Gasteiger partial charge on any atom is -0.508 e. The summed E-state index contributed by atoms with van der Waals surface area (Å²) < 4.78 is 0.879. The molecule has 0 heterocycles. The molecule has 2 aromatic rings. The molecule has 0 unspecified atom stereocenters. The molecular weight excluding hydrogens is 284 g/mol. The number of phenols is 2. The lowest BCUT2D eigenvalue weighted by Crippen LogP contribution is -2.01. The molecule has 2 rings (SSSR count). The minimum absolute atomic E-state index is 0.0742. The van der Waals surface area contributed by atoms with Crippen molar-refractivity contribution in [2.75, 3.05) is 0 Å². The van der Waals surface area contributed by atoms with Gasteiger partial charge < -0.3 is 10.2 Å². The molecule has 0 aromatic heterocycles. The van der Waals surface area contributed by atoms with E-state index in [1.54, 1.807) is 24.3 Å². The molecule has 2 N–H and O–H groups in total. The lowest BCUT2D eigenvalue weighted by atomic mass is 10.0. The van der Waals surface area contributed by atoms with Gasteiger partial charge in [-0.3, -0.25) is 4.79 Å². The number of benzene rings is 2. The number of carbonyl (C=O) groups excluding carboxylic acids is 1. The van der Waals surface area contributed by atoms with Crippen molar-refractivity contribution in [1.29, 1.82) is 0 Å². The van der Waals surface area contributed by atoms with Gasteiger partial charge in [0.15, 0.2) is 5.78 Å². The summed E-state index contributed by atoms with van der Waals surface area (Å²) in [6.07, 6.45) is 0. The van der Waals surface area contributed by atoms with Crippen LogP contribution < -0.4 is 0 Å². The van der Waals surface area contributed by atoms with Gasteiger partial charge in [-0.05, 0) is 36.4 Å². The lowest BCUT2D eigenvalue weighted by Gasteiger charge is -2.04. The molecule has 4 heteroatoms. The average molecular weight is 293 g/mol. The predicted octanol–water partition coefficient (Wildman–Crippen LogP) is 3.09. The first-order chi connectivity index (χ1) is 8.08. The van der Waals surface area contributed by atoms with Crippen molar-refractivity contribution in [3.8, 4) is 11.5 Å². The number of hydrogen-bond acceptors (Lipinski definition) is 3. The van der Waals surface area contributed by atoms with E-state index in [0.717, 1.165) is 10.5 Å². The Labute approximate surface area is 106 Å². The highest BCUT2D eigenvalue weighted by atomic mass is 79.9. The maximum atomic E-state index is 12.0. The Balaban J connectivity index is 2.40. The van der Waals surface area contributed by atoms with Crippen LogP contribution in [0.5, 0.6) is 11.5 Å². The molecule has 0 spiro atoms. The molecule has 0 aliphatic heterocycles. The number of halogens is 1. The van der Waals surface area contributed by atoms with Crippen LogP contribution in [0.15, 0.2) is 46.9 Å². The van der Waals surface area contributed by atoms with Gasteiger partial charge in [0.25, 0.3) is 0 Å². The topological polar surface area (TPSA) is 57.5 Å². The number of phenolic OH excluding ortho intramolecular Hbond substituents is 2. The Morgan fingerprint density at radius 3 is 2.24 bits per heavy atom. The maximum Gasteiger partial charge on any atom is 0.196 e. The minimum atomic E-state index is -0.282. The molecule has 2 aromatic carbocycles. The van der Waals surface area contributed by atoms with Crippen LogP contribution >= 0.6 is 15.9 Å². The summed E-state index contributed by atoms with van der Waals surface area (Å²) in [6.45, 7) is 0. The van der Waals surface area contributed by atoms with Gasteiger partial charge in [-0.25, -0.2) is 0 Å². The Morgan fingerprint density at radius 2 is 1.65 bits per heavy atom. The fraction of sp³-hybridized carbons (Fsp3) is 0. The first-order valence-electron chi connectivity index (χ1n) is 4.90. The van der Waals surface area contributed by atoms with E-state index in [-0.39, 0.29) is 22.8 Å². The zero-order valence-corrected chi connectivity index (χ0v) is 10.3. The highest BCUT2D eigenvalue weighted by Crippen LogP contribution is 2.25. The van der Waals surface area contributed by atoms with Gasteiger partial charge in [-0.1, -0.05) is 15.9 Å².